The quantitative estimate of drug-likeness (QED) is 0.169. The molecule has 72 heavy (non-hydrogen) atoms. The molecule has 0 saturated carbocycles. The Labute approximate surface area is 438 Å². The summed E-state index contributed by atoms with van der Waals surface area (Å²) in [6.45, 7) is 38.3. The SMILES string of the molecule is C=C/C1=C(\C=C/C)Cc2ccccc2C(C)(C)CCCC1(C)C.CC.Cc1ccc(C2=CCCC=C2)cc1.Cc1ccc2c(c1)C1(C3=CC(C(C)(C)C)CC=C3c3ccc(C(C)(C)C)cc31)c1ccccc1-2. The molecule has 0 heterocycles. The molecule has 0 aromatic heterocycles. The van der Waals surface area contributed by atoms with Gasteiger partial charge in [-0.2, -0.15) is 0 Å². The van der Waals surface area contributed by atoms with E-state index in [4.69, 9.17) is 0 Å². The van der Waals surface area contributed by atoms with E-state index in [1.807, 2.05) is 13.8 Å². The zero-order valence-electron chi connectivity index (χ0n) is 47.2. The molecule has 2 atom stereocenters. The number of benzene rings is 5. The van der Waals surface area contributed by atoms with Gasteiger partial charge < -0.3 is 0 Å². The summed E-state index contributed by atoms with van der Waals surface area (Å²) in [5.41, 5.74) is 24.7. The lowest BCUT2D eigenvalue weighted by molar-refractivity contribution is 0.292. The average molecular weight is 953 g/mol. The number of allylic oxidation sites excluding steroid dienone is 13. The predicted octanol–water partition coefficient (Wildman–Crippen LogP) is 20.5. The van der Waals surface area contributed by atoms with Gasteiger partial charge in [-0.05, 0) is 170 Å². The number of rotatable bonds is 3. The zero-order valence-corrected chi connectivity index (χ0v) is 47.2. The third-order valence-corrected chi connectivity index (χ3v) is 16.3. The molecular weight excluding hydrogens is 865 g/mol. The summed E-state index contributed by atoms with van der Waals surface area (Å²) in [7, 11) is 0. The highest BCUT2D eigenvalue weighted by Gasteiger charge is 2.54. The molecule has 0 heteroatoms. The number of hydrogen-bond acceptors (Lipinski definition) is 0. The highest BCUT2D eigenvalue weighted by atomic mass is 14.6. The number of aryl methyl sites for hydroxylation is 2. The van der Waals surface area contributed by atoms with Crippen molar-refractivity contribution in [2.75, 3.05) is 0 Å². The van der Waals surface area contributed by atoms with Crippen LogP contribution >= 0.6 is 0 Å². The molecule has 5 aromatic rings. The van der Waals surface area contributed by atoms with Crippen LogP contribution in [0.2, 0.25) is 0 Å². The Balaban J connectivity index is 0.000000172. The normalized spacial score (nSPS) is 21.3. The van der Waals surface area contributed by atoms with Gasteiger partial charge in [0.2, 0.25) is 0 Å². The van der Waals surface area contributed by atoms with Gasteiger partial charge in [-0.3, -0.25) is 0 Å². The second-order valence-electron chi connectivity index (χ2n) is 24.4. The number of fused-ring (bicyclic) bond motifs is 11. The first-order valence-corrected chi connectivity index (χ1v) is 27.5. The molecule has 2 unspecified atom stereocenters. The topological polar surface area (TPSA) is 0 Å². The maximum Gasteiger partial charge on any atom is 0.0722 e. The first-order valence-electron chi connectivity index (χ1n) is 27.5. The Bertz CT molecular complexity index is 2940. The number of hydrogen-bond donors (Lipinski definition) is 0. The molecule has 0 N–H and O–H groups in total. The van der Waals surface area contributed by atoms with E-state index >= 15 is 0 Å². The maximum atomic E-state index is 4.13. The average Bonchev–Trinajstić information content (AvgIpc) is 3.81. The van der Waals surface area contributed by atoms with Crippen LogP contribution in [0.1, 0.15) is 184 Å². The standard InChI is InChI=1S/C34H36.C23H32.C13H14.C2H6/c1-21-12-15-25-24-10-8-9-11-28(24)34(29(25)18-21)30-19-22(32(2,3)4)13-16-26(30)27-17-14-23(20-31(27)34)33(5,6)7;1-7-12-18-17-19-13-9-10-14-21(19)23(5,6)16-11-15-22(3,4)20(18)8-2;1-11-7-9-13(10-8-11)12-5-3-2-4-6-12;1-2/h8-13,15-20,23H,14H2,1-7H3;7-10,12-14H,2,11,15-17H2,1,3-6H3;3,5-10H,2,4H2,1H3;1-2H3/b;12-7-,20-18-;;. The molecule has 5 aliphatic carbocycles. The molecule has 5 aliphatic rings. The largest absolute Gasteiger partial charge is 0.0988 e. The summed E-state index contributed by atoms with van der Waals surface area (Å²) in [6, 6.07) is 41.3. The van der Waals surface area contributed by atoms with Gasteiger partial charge >= 0.3 is 0 Å². The molecule has 0 fully saturated rings. The van der Waals surface area contributed by atoms with Crippen LogP contribution in [0, 0.1) is 30.6 Å². The highest BCUT2D eigenvalue weighted by molar-refractivity contribution is 6.00. The highest BCUT2D eigenvalue weighted by Crippen LogP contribution is 2.65. The van der Waals surface area contributed by atoms with Crippen molar-refractivity contribution in [1.29, 1.82) is 0 Å². The minimum absolute atomic E-state index is 0.105. The minimum Gasteiger partial charge on any atom is -0.0988 e. The summed E-state index contributed by atoms with van der Waals surface area (Å²) in [4.78, 5) is 0. The van der Waals surface area contributed by atoms with Crippen LogP contribution in [0.4, 0.5) is 0 Å². The van der Waals surface area contributed by atoms with Crippen molar-refractivity contribution in [3.63, 3.8) is 0 Å². The van der Waals surface area contributed by atoms with Gasteiger partial charge in [0.15, 0.2) is 0 Å². The fourth-order valence-electron chi connectivity index (χ4n) is 12.2. The molecule has 376 valence electrons. The van der Waals surface area contributed by atoms with Gasteiger partial charge in [0.05, 0.1) is 5.41 Å². The monoisotopic (exact) mass is 953 g/mol. The van der Waals surface area contributed by atoms with Gasteiger partial charge in [0.25, 0.3) is 0 Å². The zero-order chi connectivity index (χ0) is 52.2. The first-order chi connectivity index (χ1) is 34.2. The van der Waals surface area contributed by atoms with E-state index in [9.17, 15) is 0 Å². The van der Waals surface area contributed by atoms with Crippen LogP contribution in [0.3, 0.4) is 0 Å². The van der Waals surface area contributed by atoms with Crippen molar-refractivity contribution >= 4 is 11.1 Å². The van der Waals surface area contributed by atoms with Crippen molar-refractivity contribution < 1.29 is 0 Å². The van der Waals surface area contributed by atoms with E-state index in [0.717, 1.165) is 12.8 Å². The molecule has 0 bridgehead atoms. The van der Waals surface area contributed by atoms with Gasteiger partial charge in [0.1, 0.15) is 0 Å². The first kappa shape index (κ1) is 54.1. The van der Waals surface area contributed by atoms with Crippen LogP contribution in [0.5, 0.6) is 0 Å². The third-order valence-electron chi connectivity index (χ3n) is 16.3. The minimum atomic E-state index is -0.232. The predicted molar refractivity (Wildman–Crippen MR) is 317 cm³/mol. The van der Waals surface area contributed by atoms with Crippen LogP contribution < -0.4 is 0 Å². The Hall–Kier alpha value is -5.72. The van der Waals surface area contributed by atoms with E-state index in [1.165, 1.54) is 127 Å². The Morgan fingerprint density at radius 2 is 1.26 bits per heavy atom. The fraction of sp³-hybridized carbons (Fsp3) is 0.389. The smallest absolute Gasteiger partial charge is 0.0722 e. The van der Waals surface area contributed by atoms with Gasteiger partial charge in [0, 0.05) is 0 Å². The van der Waals surface area contributed by atoms with E-state index in [0.29, 0.717) is 5.92 Å². The lowest BCUT2D eigenvalue weighted by Crippen LogP contribution is -2.29. The Morgan fingerprint density at radius 1 is 0.639 bits per heavy atom. The van der Waals surface area contributed by atoms with Crippen molar-refractivity contribution in [1.82, 2.24) is 0 Å². The Kier molecular flexibility index (Phi) is 16.4. The second kappa shape index (κ2) is 21.8. The summed E-state index contributed by atoms with van der Waals surface area (Å²) in [6.07, 6.45) is 26.7. The molecule has 0 saturated heterocycles. The summed E-state index contributed by atoms with van der Waals surface area (Å²) in [5, 5.41) is 0. The molecule has 1 spiro atoms. The molecule has 0 radical (unpaired) electrons. The molecule has 10 rings (SSSR count). The van der Waals surface area contributed by atoms with Crippen molar-refractivity contribution in [3.8, 4) is 11.1 Å². The second-order valence-corrected chi connectivity index (χ2v) is 24.4. The summed E-state index contributed by atoms with van der Waals surface area (Å²) in [5.74, 6) is 0.528. The van der Waals surface area contributed by atoms with E-state index in [-0.39, 0.29) is 27.1 Å². The van der Waals surface area contributed by atoms with Crippen molar-refractivity contribution in [3.05, 3.63) is 237 Å². The van der Waals surface area contributed by atoms with E-state index < -0.39 is 0 Å². The third kappa shape index (κ3) is 10.8. The van der Waals surface area contributed by atoms with Gasteiger partial charge in [-0.25, -0.2) is 0 Å². The molecule has 0 amide bonds. The van der Waals surface area contributed by atoms with Crippen LogP contribution in [-0.2, 0) is 22.7 Å². The van der Waals surface area contributed by atoms with Crippen LogP contribution in [-0.4, -0.2) is 0 Å². The molecule has 5 aromatic carbocycles. The van der Waals surface area contributed by atoms with Gasteiger partial charge in [-0.15, -0.1) is 0 Å². The van der Waals surface area contributed by atoms with Crippen molar-refractivity contribution in [2.45, 2.75) is 165 Å². The lowest BCUT2D eigenvalue weighted by atomic mass is 9.66. The fourth-order valence-corrected chi connectivity index (χ4v) is 12.2. The molecule has 0 aliphatic heterocycles. The molecule has 0 nitrogen and oxygen atoms in total. The van der Waals surface area contributed by atoms with Crippen LogP contribution in [0.15, 0.2) is 181 Å². The van der Waals surface area contributed by atoms with Crippen molar-refractivity contribution in [2.24, 2.45) is 16.7 Å². The Morgan fingerprint density at radius 3 is 1.92 bits per heavy atom. The van der Waals surface area contributed by atoms with E-state index in [1.54, 1.807) is 0 Å². The van der Waals surface area contributed by atoms with Crippen LogP contribution in [0.25, 0.3) is 22.3 Å². The maximum absolute atomic E-state index is 4.13. The lowest BCUT2D eigenvalue weighted by Gasteiger charge is -2.36. The summed E-state index contributed by atoms with van der Waals surface area (Å²) >= 11 is 0. The van der Waals surface area contributed by atoms with E-state index in [2.05, 4.69) is 254 Å². The summed E-state index contributed by atoms with van der Waals surface area (Å²) < 4.78 is 0. The molecular formula is C72H88. The van der Waals surface area contributed by atoms with Gasteiger partial charge in [-0.1, -0.05) is 265 Å².